The molecule has 0 saturated heterocycles. The third kappa shape index (κ3) is 1.13. The summed E-state index contributed by atoms with van der Waals surface area (Å²) in [5, 5.41) is 2.91. The fourth-order valence-corrected chi connectivity index (χ4v) is 1.88. The summed E-state index contributed by atoms with van der Waals surface area (Å²) in [6.45, 7) is 6.19. The number of fused-ring (bicyclic) bond motifs is 1. The second-order valence-corrected chi connectivity index (χ2v) is 3.71. The summed E-state index contributed by atoms with van der Waals surface area (Å²) in [6.07, 6.45) is 0.544. The van der Waals surface area contributed by atoms with Gasteiger partial charge in [0.1, 0.15) is 0 Å². The van der Waals surface area contributed by atoms with Crippen molar-refractivity contribution >= 4 is 11.6 Å². The molecule has 2 rings (SSSR count). The number of hydrogen-bond donors (Lipinski definition) is 1. The molecule has 68 valence electrons. The fraction of sp³-hybridized carbons (Fsp3) is 0.364. The van der Waals surface area contributed by atoms with Crippen LogP contribution in [-0.4, -0.2) is 5.91 Å². The molecule has 0 spiro atoms. The molecule has 0 radical (unpaired) electrons. The molecule has 1 aromatic carbocycles. The summed E-state index contributed by atoms with van der Waals surface area (Å²) in [7, 11) is 0. The number of anilines is 1. The van der Waals surface area contributed by atoms with E-state index in [1.165, 1.54) is 22.3 Å². The van der Waals surface area contributed by atoms with Gasteiger partial charge >= 0.3 is 0 Å². The lowest BCUT2D eigenvalue weighted by atomic mass is 9.98. The van der Waals surface area contributed by atoms with E-state index in [1.54, 1.807) is 0 Å². The van der Waals surface area contributed by atoms with E-state index >= 15 is 0 Å². The Hall–Kier alpha value is -1.31. The molecular weight excluding hydrogens is 162 g/mol. The van der Waals surface area contributed by atoms with Gasteiger partial charge in [0.05, 0.1) is 6.42 Å². The largest absolute Gasteiger partial charge is 0.325 e. The van der Waals surface area contributed by atoms with Crippen molar-refractivity contribution in [2.24, 2.45) is 0 Å². The zero-order valence-electron chi connectivity index (χ0n) is 8.19. The van der Waals surface area contributed by atoms with Crippen molar-refractivity contribution in [1.29, 1.82) is 0 Å². The SMILES string of the molecule is Cc1cc(C)c2c(c1C)NC(=O)C2. The second kappa shape index (κ2) is 2.59. The van der Waals surface area contributed by atoms with E-state index in [0.29, 0.717) is 6.42 Å². The van der Waals surface area contributed by atoms with Crippen molar-refractivity contribution in [3.05, 3.63) is 28.3 Å². The Morgan fingerprint density at radius 2 is 1.92 bits per heavy atom. The minimum Gasteiger partial charge on any atom is -0.325 e. The predicted octanol–water partition coefficient (Wildman–Crippen LogP) is 2.11. The van der Waals surface area contributed by atoms with Crippen molar-refractivity contribution in [3.8, 4) is 0 Å². The topological polar surface area (TPSA) is 29.1 Å². The lowest BCUT2D eigenvalue weighted by Gasteiger charge is -2.09. The van der Waals surface area contributed by atoms with E-state index in [0.717, 1.165) is 5.69 Å². The molecule has 0 bridgehead atoms. The van der Waals surface area contributed by atoms with Gasteiger partial charge in [0.2, 0.25) is 5.91 Å². The summed E-state index contributed by atoms with van der Waals surface area (Å²) in [6, 6.07) is 2.15. The average molecular weight is 175 g/mol. The van der Waals surface area contributed by atoms with Gasteiger partial charge in [-0.2, -0.15) is 0 Å². The summed E-state index contributed by atoms with van der Waals surface area (Å²) in [5.41, 5.74) is 5.89. The van der Waals surface area contributed by atoms with Crippen LogP contribution in [-0.2, 0) is 11.2 Å². The van der Waals surface area contributed by atoms with Crippen LogP contribution >= 0.6 is 0 Å². The highest BCUT2D eigenvalue weighted by molar-refractivity contribution is 6.00. The van der Waals surface area contributed by atoms with Gasteiger partial charge in [-0.15, -0.1) is 0 Å². The van der Waals surface area contributed by atoms with E-state index in [4.69, 9.17) is 0 Å². The predicted molar refractivity (Wildman–Crippen MR) is 53.0 cm³/mol. The van der Waals surface area contributed by atoms with Gasteiger partial charge < -0.3 is 5.32 Å². The van der Waals surface area contributed by atoms with Crippen LogP contribution in [0.4, 0.5) is 5.69 Å². The molecule has 1 heterocycles. The smallest absolute Gasteiger partial charge is 0.228 e. The molecule has 13 heavy (non-hydrogen) atoms. The second-order valence-electron chi connectivity index (χ2n) is 3.71. The van der Waals surface area contributed by atoms with Crippen molar-refractivity contribution in [2.45, 2.75) is 27.2 Å². The Labute approximate surface area is 78.0 Å². The molecule has 0 unspecified atom stereocenters. The number of carbonyl (C=O) groups excluding carboxylic acids is 1. The first kappa shape index (κ1) is 8.30. The molecule has 1 aliphatic rings. The molecule has 0 atom stereocenters. The van der Waals surface area contributed by atoms with E-state index < -0.39 is 0 Å². The lowest BCUT2D eigenvalue weighted by molar-refractivity contribution is -0.115. The molecule has 1 aromatic rings. The maximum atomic E-state index is 11.2. The maximum absolute atomic E-state index is 11.2. The van der Waals surface area contributed by atoms with Gasteiger partial charge in [0, 0.05) is 5.69 Å². The number of rotatable bonds is 0. The van der Waals surface area contributed by atoms with Crippen LogP contribution in [0.5, 0.6) is 0 Å². The number of aryl methyl sites for hydroxylation is 2. The van der Waals surface area contributed by atoms with E-state index in [2.05, 4.69) is 32.2 Å². The Bertz CT molecular complexity index is 394. The van der Waals surface area contributed by atoms with Crippen LogP contribution < -0.4 is 5.32 Å². The molecule has 0 fully saturated rings. The first-order valence-corrected chi connectivity index (χ1v) is 4.49. The molecule has 0 aromatic heterocycles. The Morgan fingerprint density at radius 3 is 2.62 bits per heavy atom. The minimum atomic E-state index is 0.117. The molecule has 1 amide bonds. The zero-order chi connectivity index (χ0) is 9.59. The maximum Gasteiger partial charge on any atom is 0.228 e. The summed E-state index contributed by atoms with van der Waals surface area (Å²) in [4.78, 5) is 11.2. The molecule has 0 aliphatic carbocycles. The number of nitrogens with one attached hydrogen (secondary N) is 1. The average Bonchev–Trinajstić information content (AvgIpc) is 2.44. The van der Waals surface area contributed by atoms with Crippen LogP contribution in [0.3, 0.4) is 0 Å². The van der Waals surface area contributed by atoms with Gasteiger partial charge in [0.25, 0.3) is 0 Å². The minimum absolute atomic E-state index is 0.117. The van der Waals surface area contributed by atoms with Crippen LogP contribution in [0.25, 0.3) is 0 Å². The number of carbonyl (C=O) groups is 1. The van der Waals surface area contributed by atoms with Gasteiger partial charge in [-0.1, -0.05) is 6.07 Å². The zero-order valence-corrected chi connectivity index (χ0v) is 8.19. The highest BCUT2D eigenvalue weighted by atomic mass is 16.1. The quantitative estimate of drug-likeness (QED) is 0.642. The van der Waals surface area contributed by atoms with E-state index in [-0.39, 0.29) is 5.91 Å². The van der Waals surface area contributed by atoms with E-state index in [9.17, 15) is 4.79 Å². The third-order valence-corrected chi connectivity index (χ3v) is 2.78. The highest BCUT2D eigenvalue weighted by Gasteiger charge is 2.21. The monoisotopic (exact) mass is 175 g/mol. The van der Waals surface area contributed by atoms with Gasteiger partial charge in [-0.3, -0.25) is 4.79 Å². The van der Waals surface area contributed by atoms with Gasteiger partial charge in [-0.25, -0.2) is 0 Å². The van der Waals surface area contributed by atoms with Crippen LogP contribution in [0.15, 0.2) is 6.07 Å². The van der Waals surface area contributed by atoms with Crippen molar-refractivity contribution in [1.82, 2.24) is 0 Å². The van der Waals surface area contributed by atoms with Crippen LogP contribution in [0.2, 0.25) is 0 Å². The Morgan fingerprint density at radius 1 is 1.23 bits per heavy atom. The Kier molecular flexibility index (Phi) is 1.65. The first-order valence-electron chi connectivity index (χ1n) is 4.49. The summed E-state index contributed by atoms with van der Waals surface area (Å²) < 4.78 is 0. The Balaban J connectivity index is 2.69. The van der Waals surface area contributed by atoms with Gasteiger partial charge in [0.15, 0.2) is 0 Å². The van der Waals surface area contributed by atoms with Crippen molar-refractivity contribution < 1.29 is 4.79 Å². The number of benzene rings is 1. The van der Waals surface area contributed by atoms with Gasteiger partial charge in [-0.05, 0) is 43.0 Å². The fourth-order valence-electron chi connectivity index (χ4n) is 1.88. The third-order valence-electron chi connectivity index (χ3n) is 2.78. The molecular formula is C11H13NO. The normalized spacial score (nSPS) is 14.2. The molecule has 0 saturated carbocycles. The van der Waals surface area contributed by atoms with Crippen LogP contribution in [0, 0.1) is 20.8 Å². The standard InChI is InChI=1S/C11H13NO/c1-6-4-7(2)9-5-10(13)12-11(9)8(6)3/h4H,5H2,1-3H3,(H,12,13). The van der Waals surface area contributed by atoms with Crippen LogP contribution in [0.1, 0.15) is 22.3 Å². The highest BCUT2D eigenvalue weighted by Crippen LogP contribution is 2.31. The molecule has 1 N–H and O–H groups in total. The summed E-state index contributed by atoms with van der Waals surface area (Å²) >= 11 is 0. The number of amides is 1. The molecule has 1 aliphatic heterocycles. The van der Waals surface area contributed by atoms with Crippen molar-refractivity contribution in [3.63, 3.8) is 0 Å². The van der Waals surface area contributed by atoms with Crippen molar-refractivity contribution in [2.75, 3.05) is 5.32 Å². The van der Waals surface area contributed by atoms with E-state index in [1.807, 2.05) is 0 Å². The lowest BCUT2D eigenvalue weighted by Crippen LogP contribution is -2.04. The molecule has 2 nitrogen and oxygen atoms in total. The summed E-state index contributed by atoms with van der Waals surface area (Å²) in [5.74, 6) is 0.117. The molecule has 2 heteroatoms. The number of hydrogen-bond acceptors (Lipinski definition) is 1. The first-order chi connectivity index (χ1) is 6.09.